The molecule has 2 N–H and O–H groups in total. The molecule has 16 heavy (non-hydrogen) atoms. The van der Waals surface area contributed by atoms with Crippen molar-refractivity contribution >= 4 is 15.9 Å². The van der Waals surface area contributed by atoms with Gasteiger partial charge in [-0.25, -0.2) is 13.2 Å². The first-order valence-corrected chi connectivity index (χ1v) is 7.06. The first kappa shape index (κ1) is 13.2. The van der Waals surface area contributed by atoms with E-state index in [1.165, 1.54) is 0 Å². The number of hydrogen-bond donors (Lipinski definition) is 2. The van der Waals surface area contributed by atoms with E-state index in [0.717, 1.165) is 0 Å². The normalized spacial score (nSPS) is 22.9. The fourth-order valence-corrected chi connectivity index (χ4v) is 3.46. The predicted octanol–water partition coefficient (Wildman–Crippen LogP) is -0.633. The maximum Gasteiger partial charge on any atom is 0.314 e. The summed E-state index contributed by atoms with van der Waals surface area (Å²) in [6.07, 6.45) is 0.640. The number of hydrogen-bond acceptors (Lipinski definition) is 4. The molecule has 1 unspecified atom stereocenters. The third-order valence-electron chi connectivity index (χ3n) is 2.47. The van der Waals surface area contributed by atoms with Gasteiger partial charge in [0.25, 0.3) is 0 Å². The lowest BCUT2D eigenvalue weighted by molar-refractivity contribution is 0.195. The van der Waals surface area contributed by atoms with Gasteiger partial charge in [0, 0.05) is 20.2 Å². The second-order valence-electron chi connectivity index (χ2n) is 3.90. The van der Waals surface area contributed by atoms with E-state index in [2.05, 4.69) is 10.6 Å². The number of nitrogens with one attached hydrogen (secondary N) is 2. The van der Waals surface area contributed by atoms with Crippen LogP contribution in [0.25, 0.3) is 0 Å². The fourth-order valence-electron chi connectivity index (χ4n) is 1.60. The van der Waals surface area contributed by atoms with Gasteiger partial charge in [-0.2, -0.15) is 0 Å². The summed E-state index contributed by atoms with van der Waals surface area (Å²) in [5, 5.41) is 5.25. The fraction of sp³-hybridized carbons (Fsp3) is 0.889. The first-order valence-electron chi connectivity index (χ1n) is 5.24. The molecule has 1 heterocycles. The molecular weight excluding hydrogens is 232 g/mol. The molecule has 1 atom stereocenters. The molecule has 0 bridgehead atoms. The zero-order valence-electron chi connectivity index (χ0n) is 9.36. The molecule has 6 nitrogen and oxygen atoms in total. The van der Waals surface area contributed by atoms with Gasteiger partial charge in [0.1, 0.15) is 0 Å². The largest absolute Gasteiger partial charge is 0.383 e. The van der Waals surface area contributed by atoms with Gasteiger partial charge in [-0.3, -0.25) is 0 Å². The topological polar surface area (TPSA) is 84.5 Å². The van der Waals surface area contributed by atoms with Gasteiger partial charge in [-0.15, -0.1) is 0 Å². The summed E-state index contributed by atoms with van der Waals surface area (Å²) in [5.74, 6) is 0.480. The van der Waals surface area contributed by atoms with E-state index >= 15 is 0 Å². The van der Waals surface area contributed by atoms with E-state index in [0.29, 0.717) is 26.1 Å². The van der Waals surface area contributed by atoms with Crippen molar-refractivity contribution in [1.82, 2.24) is 10.6 Å². The minimum atomic E-state index is -2.86. The highest BCUT2D eigenvalue weighted by atomic mass is 32.2. The maximum absolute atomic E-state index is 11.2. The Labute approximate surface area is 95.7 Å². The summed E-state index contributed by atoms with van der Waals surface area (Å²) in [6.45, 7) is 1.33. The highest BCUT2D eigenvalue weighted by Crippen LogP contribution is 2.17. The smallest absolute Gasteiger partial charge is 0.314 e. The summed E-state index contributed by atoms with van der Waals surface area (Å²) in [5.41, 5.74) is 0. The van der Waals surface area contributed by atoms with Crippen LogP contribution in [0.3, 0.4) is 0 Å². The lowest BCUT2D eigenvalue weighted by atomic mass is 10.1. The van der Waals surface area contributed by atoms with Crippen LogP contribution in [0.15, 0.2) is 0 Å². The standard InChI is InChI=1S/C9H18N2O4S/c1-15-4-3-10-9(12)11-6-8-2-5-16(13,14)7-8/h8H,2-7H2,1H3,(H2,10,11,12). The SMILES string of the molecule is COCCNC(=O)NCC1CCS(=O)(=O)C1. The number of urea groups is 1. The number of ether oxygens (including phenoxy) is 1. The van der Waals surface area contributed by atoms with Gasteiger partial charge in [0.05, 0.1) is 18.1 Å². The Hall–Kier alpha value is -0.820. The van der Waals surface area contributed by atoms with Crippen LogP contribution in [0.4, 0.5) is 4.79 Å². The number of sulfone groups is 1. The van der Waals surface area contributed by atoms with Crippen molar-refractivity contribution in [3.63, 3.8) is 0 Å². The molecule has 1 fully saturated rings. The molecule has 1 rings (SSSR count). The van der Waals surface area contributed by atoms with Crippen molar-refractivity contribution < 1.29 is 17.9 Å². The van der Waals surface area contributed by atoms with E-state index in [1.807, 2.05) is 0 Å². The quantitative estimate of drug-likeness (QED) is 0.636. The summed E-state index contributed by atoms with van der Waals surface area (Å²) in [7, 11) is -1.30. The van der Waals surface area contributed by atoms with Crippen molar-refractivity contribution in [2.75, 3.05) is 38.3 Å². The summed E-state index contributed by atoms with van der Waals surface area (Å²) >= 11 is 0. The Kier molecular flexibility index (Phi) is 5.01. The number of carbonyl (C=O) groups excluding carboxylic acids is 1. The molecule has 0 aromatic heterocycles. The molecule has 0 aliphatic carbocycles. The molecule has 7 heteroatoms. The molecule has 1 aliphatic rings. The van der Waals surface area contributed by atoms with Gasteiger partial charge in [0.2, 0.25) is 0 Å². The van der Waals surface area contributed by atoms with Crippen LogP contribution in [0.1, 0.15) is 6.42 Å². The van der Waals surface area contributed by atoms with Crippen LogP contribution in [0, 0.1) is 5.92 Å². The van der Waals surface area contributed by atoms with Crippen LogP contribution < -0.4 is 10.6 Å². The van der Waals surface area contributed by atoms with Crippen LogP contribution in [0.2, 0.25) is 0 Å². The van der Waals surface area contributed by atoms with Gasteiger partial charge in [-0.05, 0) is 12.3 Å². The Morgan fingerprint density at radius 2 is 2.19 bits per heavy atom. The van der Waals surface area contributed by atoms with E-state index in [9.17, 15) is 13.2 Å². The molecule has 0 radical (unpaired) electrons. The molecular formula is C9H18N2O4S. The Balaban J connectivity index is 2.13. The average Bonchev–Trinajstić information content (AvgIpc) is 2.56. The van der Waals surface area contributed by atoms with E-state index < -0.39 is 9.84 Å². The second-order valence-corrected chi connectivity index (χ2v) is 6.13. The predicted molar refractivity (Wildman–Crippen MR) is 60.0 cm³/mol. The van der Waals surface area contributed by atoms with Gasteiger partial charge in [-0.1, -0.05) is 0 Å². The molecule has 0 aromatic rings. The second kappa shape index (κ2) is 6.05. The maximum atomic E-state index is 11.2. The van der Waals surface area contributed by atoms with E-state index in [4.69, 9.17) is 4.74 Å². The first-order chi connectivity index (χ1) is 7.53. The number of rotatable bonds is 5. The van der Waals surface area contributed by atoms with Crippen LogP contribution in [-0.2, 0) is 14.6 Å². The third-order valence-corrected chi connectivity index (χ3v) is 4.31. The van der Waals surface area contributed by atoms with E-state index in [1.54, 1.807) is 7.11 Å². The molecule has 2 amide bonds. The summed E-state index contributed by atoms with van der Waals surface area (Å²) < 4.78 is 27.1. The van der Waals surface area contributed by atoms with Gasteiger partial charge in [0.15, 0.2) is 9.84 Å². The molecule has 0 saturated carbocycles. The Morgan fingerprint density at radius 1 is 1.44 bits per heavy atom. The molecule has 94 valence electrons. The molecule has 1 aliphatic heterocycles. The van der Waals surface area contributed by atoms with Crippen molar-refractivity contribution in [3.05, 3.63) is 0 Å². The van der Waals surface area contributed by atoms with Crippen molar-refractivity contribution in [2.45, 2.75) is 6.42 Å². The highest BCUT2D eigenvalue weighted by Gasteiger charge is 2.27. The average molecular weight is 250 g/mol. The zero-order chi connectivity index (χ0) is 12.0. The number of carbonyl (C=O) groups is 1. The molecule has 0 aromatic carbocycles. The molecule has 1 saturated heterocycles. The number of amides is 2. The van der Waals surface area contributed by atoms with Crippen molar-refractivity contribution in [1.29, 1.82) is 0 Å². The lowest BCUT2D eigenvalue weighted by Crippen LogP contribution is -2.39. The molecule has 0 spiro atoms. The number of methoxy groups -OCH3 is 1. The highest BCUT2D eigenvalue weighted by molar-refractivity contribution is 7.91. The Bertz CT molecular complexity index is 328. The minimum absolute atomic E-state index is 0.0539. The Morgan fingerprint density at radius 3 is 2.75 bits per heavy atom. The van der Waals surface area contributed by atoms with E-state index in [-0.39, 0.29) is 23.5 Å². The summed E-state index contributed by atoms with van der Waals surface area (Å²) in [4.78, 5) is 11.2. The summed E-state index contributed by atoms with van der Waals surface area (Å²) in [6, 6.07) is -0.277. The van der Waals surface area contributed by atoms with Gasteiger partial charge >= 0.3 is 6.03 Å². The van der Waals surface area contributed by atoms with Crippen molar-refractivity contribution in [2.24, 2.45) is 5.92 Å². The zero-order valence-corrected chi connectivity index (χ0v) is 10.2. The van der Waals surface area contributed by atoms with Gasteiger partial charge < -0.3 is 15.4 Å². The third kappa shape index (κ3) is 4.80. The minimum Gasteiger partial charge on any atom is -0.383 e. The monoisotopic (exact) mass is 250 g/mol. The van der Waals surface area contributed by atoms with Crippen LogP contribution >= 0.6 is 0 Å². The lowest BCUT2D eigenvalue weighted by Gasteiger charge is -2.10. The van der Waals surface area contributed by atoms with Crippen LogP contribution in [0.5, 0.6) is 0 Å². The van der Waals surface area contributed by atoms with Crippen LogP contribution in [-0.4, -0.2) is 52.8 Å². The van der Waals surface area contributed by atoms with Crippen molar-refractivity contribution in [3.8, 4) is 0 Å².